The van der Waals surface area contributed by atoms with E-state index >= 15 is 0 Å². The largest absolute Gasteiger partial charge is 0.373 e. The van der Waals surface area contributed by atoms with Gasteiger partial charge in [0.1, 0.15) is 0 Å². The molecule has 1 saturated carbocycles. The third-order valence-electron chi connectivity index (χ3n) is 2.40. The lowest BCUT2D eigenvalue weighted by Gasteiger charge is -2.28. The molecule has 1 aliphatic rings. The van der Waals surface area contributed by atoms with Gasteiger partial charge in [0.15, 0.2) is 0 Å². The number of nitrogens with two attached hydrogens (primary N) is 1. The summed E-state index contributed by atoms with van der Waals surface area (Å²) in [4.78, 5) is 0. The monoisotopic (exact) mass is 241 g/mol. The highest BCUT2D eigenvalue weighted by Gasteiger charge is 2.21. The predicted molar refractivity (Wildman–Crippen MR) is 78.2 cm³/mol. The molecule has 0 radical (unpaired) electrons. The molecule has 0 bridgehead atoms. The fraction of sp³-hybridized carbons (Fsp3) is 0.733. The Morgan fingerprint density at radius 2 is 1.76 bits per heavy atom. The summed E-state index contributed by atoms with van der Waals surface area (Å²) in [7, 11) is 0. The number of allylic oxidation sites excluding steroid dienone is 2. The van der Waals surface area contributed by atoms with Crippen molar-refractivity contribution in [3.8, 4) is 0 Å². The molecule has 0 heterocycles. The maximum Gasteiger partial charge on any atom is 0.0730 e. The fourth-order valence-electron chi connectivity index (χ4n) is 1.61. The summed E-state index contributed by atoms with van der Waals surface area (Å²) in [5, 5.41) is 0. The van der Waals surface area contributed by atoms with Crippen molar-refractivity contribution < 1.29 is 4.74 Å². The van der Waals surface area contributed by atoms with E-state index in [1.54, 1.807) is 6.08 Å². The molecule has 0 amide bonds. The van der Waals surface area contributed by atoms with Gasteiger partial charge in [-0.2, -0.15) is 0 Å². The summed E-state index contributed by atoms with van der Waals surface area (Å²) in [6, 6.07) is 0.268. The molecule has 1 rings (SSSR count). The molecule has 1 aliphatic carbocycles. The number of hydrogen-bond acceptors (Lipinski definition) is 2. The van der Waals surface area contributed by atoms with Gasteiger partial charge in [-0.05, 0) is 26.7 Å². The van der Waals surface area contributed by atoms with E-state index in [1.165, 1.54) is 12.8 Å². The zero-order valence-corrected chi connectivity index (χ0v) is 12.1. The first-order valence-electron chi connectivity index (χ1n) is 6.81. The van der Waals surface area contributed by atoms with Crippen molar-refractivity contribution in [2.45, 2.75) is 65.5 Å². The second-order valence-corrected chi connectivity index (χ2v) is 3.80. The summed E-state index contributed by atoms with van der Waals surface area (Å²) in [5.41, 5.74) is 5.91. The Labute approximate surface area is 108 Å². The predicted octanol–water partition coefficient (Wildman–Crippen LogP) is 4.07. The minimum Gasteiger partial charge on any atom is -0.373 e. The van der Waals surface area contributed by atoms with Crippen molar-refractivity contribution in [3.05, 3.63) is 24.8 Å². The number of ether oxygens (including phenoxy) is 1. The SMILES string of the molecule is C/C=C/COC1CCCCC1N.C=CC.CC. The summed E-state index contributed by atoms with van der Waals surface area (Å²) in [5.74, 6) is 0. The van der Waals surface area contributed by atoms with E-state index in [1.807, 2.05) is 39.8 Å². The van der Waals surface area contributed by atoms with Crippen LogP contribution in [-0.4, -0.2) is 18.8 Å². The second kappa shape index (κ2) is 15.4. The van der Waals surface area contributed by atoms with Crippen molar-refractivity contribution in [2.24, 2.45) is 5.73 Å². The first kappa shape index (κ1) is 18.8. The van der Waals surface area contributed by atoms with E-state index in [2.05, 4.69) is 6.58 Å². The average Bonchev–Trinajstić information content (AvgIpc) is 2.35. The standard InChI is InChI=1S/C10H19NO.C3H6.C2H6/c1-2-3-8-12-10-7-5-4-6-9(10)11;1-3-2;1-2/h2-3,9-10H,4-8,11H2,1H3;3H,1H2,2H3;1-2H3/b3-2+;;. The Balaban J connectivity index is 0. The molecule has 2 nitrogen and oxygen atoms in total. The smallest absolute Gasteiger partial charge is 0.0730 e. The van der Waals surface area contributed by atoms with Crippen molar-refractivity contribution >= 4 is 0 Å². The van der Waals surface area contributed by atoms with Crippen LogP contribution in [0.5, 0.6) is 0 Å². The van der Waals surface area contributed by atoms with Crippen LogP contribution in [0.3, 0.4) is 0 Å². The van der Waals surface area contributed by atoms with E-state index < -0.39 is 0 Å². The van der Waals surface area contributed by atoms with E-state index in [4.69, 9.17) is 10.5 Å². The van der Waals surface area contributed by atoms with Crippen LogP contribution in [0, 0.1) is 0 Å². The maximum absolute atomic E-state index is 5.91. The molecule has 0 saturated heterocycles. The number of rotatable bonds is 3. The first-order valence-corrected chi connectivity index (χ1v) is 6.81. The summed E-state index contributed by atoms with van der Waals surface area (Å²) in [6.07, 6.45) is 10.9. The first-order chi connectivity index (χ1) is 8.26. The Kier molecular flexibility index (Phi) is 17.0. The van der Waals surface area contributed by atoms with Gasteiger partial charge >= 0.3 is 0 Å². The molecule has 0 spiro atoms. The summed E-state index contributed by atoms with van der Waals surface area (Å²) in [6.45, 7) is 12.0. The van der Waals surface area contributed by atoms with E-state index in [0.29, 0.717) is 6.10 Å². The lowest BCUT2D eigenvalue weighted by molar-refractivity contribution is 0.0319. The van der Waals surface area contributed by atoms with Crippen LogP contribution in [0.1, 0.15) is 53.4 Å². The zero-order chi connectivity index (χ0) is 13.5. The third-order valence-corrected chi connectivity index (χ3v) is 2.40. The molecule has 0 aromatic rings. The van der Waals surface area contributed by atoms with Crippen molar-refractivity contribution in [3.63, 3.8) is 0 Å². The Morgan fingerprint density at radius 1 is 1.24 bits per heavy atom. The highest BCUT2D eigenvalue weighted by molar-refractivity contribution is 4.81. The van der Waals surface area contributed by atoms with Gasteiger partial charge < -0.3 is 10.5 Å². The molecule has 2 unspecified atom stereocenters. The van der Waals surface area contributed by atoms with Crippen LogP contribution in [0.25, 0.3) is 0 Å². The van der Waals surface area contributed by atoms with E-state index in [9.17, 15) is 0 Å². The minimum atomic E-state index is 0.268. The third kappa shape index (κ3) is 11.7. The second-order valence-electron chi connectivity index (χ2n) is 3.80. The molecule has 0 aliphatic heterocycles. The quantitative estimate of drug-likeness (QED) is 0.756. The molecule has 17 heavy (non-hydrogen) atoms. The fourth-order valence-corrected chi connectivity index (χ4v) is 1.61. The van der Waals surface area contributed by atoms with Gasteiger partial charge in [-0.1, -0.05) is 44.9 Å². The number of hydrogen-bond donors (Lipinski definition) is 1. The molecule has 0 aromatic carbocycles. The average molecular weight is 241 g/mol. The molecule has 102 valence electrons. The van der Waals surface area contributed by atoms with Gasteiger partial charge in [0.2, 0.25) is 0 Å². The molecule has 1 fully saturated rings. The van der Waals surface area contributed by atoms with Gasteiger partial charge in [-0.3, -0.25) is 0 Å². The van der Waals surface area contributed by atoms with Crippen LogP contribution >= 0.6 is 0 Å². The van der Waals surface area contributed by atoms with Gasteiger partial charge in [0.05, 0.1) is 12.7 Å². The van der Waals surface area contributed by atoms with Crippen molar-refractivity contribution in [2.75, 3.05) is 6.61 Å². The van der Waals surface area contributed by atoms with E-state index in [0.717, 1.165) is 19.4 Å². The Morgan fingerprint density at radius 3 is 2.24 bits per heavy atom. The molecular weight excluding hydrogens is 210 g/mol. The lowest BCUT2D eigenvalue weighted by Crippen LogP contribution is -2.39. The van der Waals surface area contributed by atoms with Crippen LogP contribution < -0.4 is 5.73 Å². The summed E-state index contributed by atoms with van der Waals surface area (Å²) >= 11 is 0. The minimum absolute atomic E-state index is 0.268. The Hall–Kier alpha value is -0.600. The maximum atomic E-state index is 5.91. The van der Waals surface area contributed by atoms with Crippen LogP contribution in [0.2, 0.25) is 0 Å². The summed E-state index contributed by atoms with van der Waals surface area (Å²) < 4.78 is 5.62. The van der Waals surface area contributed by atoms with Crippen LogP contribution in [0.4, 0.5) is 0 Å². The molecular formula is C15H31NO. The van der Waals surface area contributed by atoms with Crippen LogP contribution in [0.15, 0.2) is 24.8 Å². The topological polar surface area (TPSA) is 35.2 Å². The van der Waals surface area contributed by atoms with Crippen LogP contribution in [-0.2, 0) is 4.74 Å². The highest BCUT2D eigenvalue weighted by atomic mass is 16.5. The van der Waals surface area contributed by atoms with Gasteiger partial charge in [0, 0.05) is 6.04 Å². The van der Waals surface area contributed by atoms with Gasteiger partial charge in [-0.15, -0.1) is 6.58 Å². The van der Waals surface area contributed by atoms with Crippen molar-refractivity contribution in [1.29, 1.82) is 0 Å². The zero-order valence-electron chi connectivity index (χ0n) is 12.1. The Bertz CT molecular complexity index is 178. The highest BCUT2D eigenvalue weighted by Crippen LogP contribution is 2.19. The van der Waals surface area contributed by atoms with Gasteiger partial charge in [-0.25, -0.2) is 0 Å². The molecule has 2 heteroatoms. The van der Waals surface area contributed by atoms with Crippen molar-refractivity contribution in [1.82, 2.24) is 0 Å². The normalized spacial score (nSPS) is 23.1. The molecule has 2 atom stereocenters. The molecule has 0 aromatic heterocycles. The molecule has 2 N–H and O–H groups in total. The van der Waals surface area contributed by atoms with E-state index in [-0.39, 0.29) is 6.04 Å². The lowest BCUT2D eigenvalue weighted by atomic mass is 9.93. The van der Waals surface area contributed by atoms with Gasteiger partial charge in [0.25, 0.3) is 0 Å².